The average molecular weight is 396 g/mol. The molecule has 0 unspecified atom stereocenters. The van der Waals surface area contributed by atoms with Crippen LogP contribution in [0.15, 0.2) is 60.7 Å². The van der Waals surface area contributed by atoms with Crippen LogP contribution in [0.3, 0.4) is 0 Å². The van der Waals surface area contributed by atoms with E-state index in [4.69, 9.17) is 15.2 Å². The highest BCUT2D eigenvalue weighted by molar-refractivity contribution is 6.05. The van der Waals surface area contributed by atoms with Gasteiger partial charge < -0.3 is 20.5 Å². The summed E-state index contributed by atoms with van der Waals surface area (Å²) in [6, 6.07) is 14.9. The van der Waals surface area contributed by atoms with Crippen LogP contribution in [-0.4, -0.2) is 44.2 Å². The third-order valence-corrected chi connectivity index (χ3v) is 5.20. The summed E-state index contributed by atoms with van der Waals surface area (Å²) in [6.45, 7) is 7.01. The minimum absolute atomic E-state index is 0.190. The van der Waals surface area contributed by atoms with Gasteiger partial charge in [-0.3, -0.25) is 9.69 Å². The highest BCUT2D eigenvalue weighted by Crippen LogP contribution is 2.27. The summed E-state index contributed by atoms with van der Waals surface area (Å²) in [7, 11) is 1.65. The van der Waals surface area contributed by atoms with Crippen LogP contribution in [0.1, 0.15) is 12.8 Å². The predicted molar refractivity (Wildman–Crippen MR) is 116 cm³/mol. The van der Waals surface area contributed by atoms with Crippen molar-refractivity contribution in [2.45, 2.75) is 12.8 Å². The molecule has 2 aromatic rings. The standard InChI is InChI=1S/C23H29N3O3/c1-17(23(27)25-20-8-4-3-7-19(20)24)15-26-13-11-18(12-14-26)16-29-22-10-6-5-9-21(22)28-2/h3-10,18H,1,11-16,24H2,2H3,(H,25,27). The third kappa shape index (κ3) is 5.74. The number of piperidine rings is 1. The van der Waals surface area contributed by atoms with Crippen molar-refractivity contribution in [1.29, 1.82) is 0 Å². The Kier molecular flexibility index (Phi) is 7.14. The van der Waals surface area contributed by atoms with Crippen LogP contribution < -0.4 is 20.5 Å². The minimum atomic E-state index is -0.190. The van der Waals surface area contributed by atoms with Crippen LogP contribution in [-0.2, 0) is 4.79 Å². The zero-order chi connectivity index (χ0) is 20.6. The summed E-state index contributed by atoms with van der Waals surface area (Å²) < 4.78 is 11.3. The summed E-state index contributed by atoms with van der Waals surface area (Å²) in [4.78, 5) is 14.7. The first-order valence-corrected chi connectivity index (χ1v) is 9.88. The number of nitrogens with two attached hydrogens (primary N) is 1. The lowest BCUT2D eigenvalue weighted by molar-refractivity contribution is -0.113. The fraction of sp³-hybridized carbons (Fsp3) is 0.348. The molecule has 0 bridgehead atoms. The van der Waals surface area contributed by atoms with Gasteiger partial charge in [-0.15, -0.1) is 0 Å². The van der Waals surface area contributed by atoms with E-state index in [1.807, 2.05) is 36.4 Å². The number of benzene rings is 2. The zero-order valence-electron chi connectivity index (χ0n) is 16.9. The van der Waals surface area contributed by atoms with Crippen LogP contribution in [0.2, 0.25) is 0 Å². The molecule has 0 atom stereocenters. The molecular weight excluding hydrogens is 366 g/mol. The van der Waals surface area contributed by atoms with E-state index < -0.39 is 0 Å². The van der Waals surface area contributed by atoms with Crippen molar-refractivity contribution in [2.24, 2.45) is 5.92 Å². The number of likely N-dealkylation sites (tertiary alicyclic amines) is 1. The molecule has 0 aromatic heterocycles. The number of amides is 1. The summed E-state index contributed by atoms with van der Waals surface area (Å²) in [5, 5.41) is 2.84. The third-order valence-electron chi connectivity index (χ3n) is 5.20. The van der Waals surface area contributed by atoms with Gasteiger partial charge in [-0.1, -0.05) is 30.8 Å². The molecular formula is C23H29N3O3. The topological polar surface area (TPSA) is 76.8 Å². The molecule has 1 fully saturated rings. The number of rotatable bonds is 8. The van der Waals surface area contributed by atoms with Crippen molar-refractivity contribution in [2.75, 3.05) is 44.4 Å². The van der Waals surface area contributed by atoms with Crippen LogP contribution >= 0.6 is 0 Å². The van der Waals surface area contributed by atoms with E-state index in [9.17, 15) is 4.79 Å². The fourth-order valence-electron chi connectivity index (χ4n) is 3.42. The maximum atomic E-state index is 12.4. The summed E-state index contributed by atoms with van der Waals surface area (Å²) in [5.41, 5.74) is 7.58. The molecule has 0 spiro atoms. The van der Waals surface area contributed by atoms with Gasteiger partial charge in [-0.2, -0.15) is 0 Å². The van der Waals surface area contributed by atoms with E-state index in [0.717, 1.165) is 37.4 Å². The van der Waals surface area contributed by atoms with Gasteiger partial charge in [0.1, 0.15) is 0 Å². The second kappa shape index (κ2) is 9.98. The fourth-order valence-corrected chi connectivity index (χ4v) is 3.42. The molecule has 1 aliphatic heterocycles. The van der Waals surface area contributed by atoms with Crippen LogP contribution in [0.25, 0.3) is 0 Å². The molecule has 1 aliphatic rings. The van der Waals surface area contributed by atoms with Crippen LogP contribution in [0.4, 0.5) is 11.4 Å². The number of hydrogen-bond donors (Lipinski definition) is 2. The maximum Gasteiger partial charge on any atom is 0.252 e. The normalized spacial score (nSPS) is 14.9. The van der Waals surface area contributed by atoms with Gasteiger partial charge in [-0.05, 0) is 56.1 Å². The van der Waals surface area contributed by atoms with Gasteiger partial charge in [0.15, 0.2) is 11.5 Å². The van der Waals surface area contributed by atoms with Crippen molar-refractivity contribution in [3.63, 3.8) is 0 Å². The van der Waals surface area contributed by atoms with E-state index in [2.05, 4.69) is 16.8 Å². The largest absolute Gasteiger partial charge is 0.493 e. The second-order valence-electron chi connectivity index (χ2n) is 7.33. The lowest BCUT2D eigenvalue weighted by Gasteiger charge is -2.32. The molecule has 3 rings (SSSR count). The average Bonchev–Trinajstić information content (AvgIpc) is 2.75. The lowest BCUT2D eigenvalue weighted by Crippen LogP contribution is -2.38. The number of nitrogen functional groups attached to an aromatic ring is 1. The monoisotopic (exact) mass is 395 g/mol. The molecule has 0 saturated carbocycles. The number of nitrogens with one attached hydrogen (secondary N) is 1. The Hall–Kier alpha value is -2.99. The van der Waals surface area contributed by atoms with E-state index in [0.29, 0.717) is 36.0 Å². The lowest BCUT2D eigenvalue weighted by atomic mass is 9.97. The Bertz CT molecular complexity index is 845. The first-order valence-electron chi connectivity index (χ1n) is 9.88. The number of anilines is 2. The van der Waals surface area contributed by atoms with Crippen molar-refractivity contribution >= 4 is 17.3 Å². The summed E-state index contributed by atoms with van der Waals surface area (Å²) in [6.07, 6.45) is 2.05. The smallest absolute Gasteiger partial charge is 0.252 e. The molecule has 6 heteroatoms. The number of hydrogen-bond acceptors (Lipinski definition) is 5. The number of nitrogens with zero attached hydrogens (tertiary/aromatic N) is 1. The van der Waals surface area contributed by atoms with Gasteiger partial charge >= 0.3 is 0 Å². The van der Waals surface area contributed by atoms with Gasteiger partial charge in [0.2, 0.25) is 0 Å². The molecule has 154 valence electrons. The van der Waals surface area contributed by atoms with Crippen molar-refractivity contribution < 1.29 is 14.3 Å². The van der Waals surface area contributed by atoms with Crippen LogP contribution in [0, 0.1) is 5.92 Å². The molecule has 29 heavy (non-hydrogen) atoms. The highest BCUT2D eigenvalue weighted by Gasteiger charge is 2.22. The van der Waals surface area contributed by atoms with E-state index in [1.165, 1.54) is 0 Å². The van der Waals surface area contributed by atoms with Gasteiger partial charge in [0, 0.05) is 12.1 Å². The maximum absolute atomic E-state index is 12.4. The molecule has 1 heterocycles. The molecule has 6 nitrogen and oxygen atoms in total. The number of carbonyl (C=O) groups is 1. The van der Waals surface area contributed by atoms with Crippen molar-refractivity contribution in [3.8, 4) is 11.5 Å². The summed E-state index contributed by atoms with van der Waals surface area (Å²) >= 11 is 0. The quantitative estimate of drug-likeness (QED) is 0.528. The highest BCUT2D eigenvalue weighted by atomic mass is 16.5. The second-order valence-corrected chi connectivity index (χ2v) is 7.33. The molecule has 1 saturated heterocycles. The van der Waals surface area contributed by atoms with E-state index >= 15 is 0 Å². The van der Waals surface area contributed by atoms with Crippen molar-refractivity contribution in [1.82, 2.24) is 4.90 Å². The molecule has 2 aromatic carbocycles. The number of methoxy groups -OCH3 is 1. The Balaban J connectivity index is 1.41. The van der Waals surface area contributed by atoms with Gasteiger partial charge in [0.25, 0.3) is 5.91 Å². The van der Waals surface area contributed by atoms with E-state index in [-0.39, 0.29) is 5.91 Å². The number of carbonyl (C=O) groups excluding carboxylic acids is 1. The van der Waals surface area contributed by atoms with Gasteiger partial charge in [-0.25, -0.2) is 0 Å². The molecule has 0 radical (unpaired) electrons. The number of para-hydroxylation sites is 4. The first-order chi connectivity index (χ1) is 14.1. The molecule has 0 aliphatic carbocycles. The van der Waals surface area contributed by atoms with E-state index in [1.54, 1.807) is 19.2 Å². The predicted octanol–water partition coefficient (Wildman–Crippen LogP) is 3.56. The van der Waals surface area contributed by atoms with Crippen molar-refractivity contribution in [3.05, 3.63) is 60.7 Å². The Morgan fingerprint density at radius 3 is 2.48 bits per heavy atom. The Morgan fingerprint density at radius 2 is 1.79 bits per heavy atom. The summed E-state index contributed by atoms with van der Waals surface area (Å²) in [5.74, 6) is 1.83. The zero-order valence-corrected chi connectivity index (χ0v) is 16.9. The van der Waals surface area contributed by atoms with Crippen LogP contribution in [0.5, 0.6) is 11.5 Å². The van der Waals surface area contributed by atoms with Gasteiger partial charge in [0.05, 0.1) is 25.1 Å². The first kappa shape index (κ1) is 20.7. The number of ether oxygens (including phenoxy) is 2. The molecule has 3 N–H and O–H groups in total. The minimum Gasteiger partial charge on any atom is -0.493 e. The Morgan fingerprint density at radius 1 is 1.14 bits per heavy atom. The SMILES string of the molecule is C=C(CN1CCC(COc2ccccc2OC)CC1)C(=O)Nc1ccccc1N. The molecule has 1 amide bonds. The Labute approximate surface area is 172 Å².